The number of carbonyl (C=O) groups is 1. The van der Waals surface area contributed by atoms with Gasteiger partial charge in [0.25, 0.3) is 0 Å². The van der Waals surface area contributed by atoms with Gasteiger partial charge in [0.1, 0.15) is 0 Å². The Kier molecular flexibility index (Phi) is 3.89. The number of aliphatic carboxylic acids is 1. The summed E-state index contributed by atoms with van der Waals surface area (Å²) in [6.45, 7) is 7.01. The molecular weight excluding hydrogens is 180 g/mol. The molecule has 82 valence electrons. The quantitative estimate of drug-likeness (QED) is 0.720. The molecule has 0 aromatic heterocycles. The fourth-order valence-corrected chi connectivity index (χ4v) is 1.95. The average molecular weight is 200 g/mol. The van der Waals surface area contributed by atoms with Crippen molar-refractivity contribution in [3.8, 4) is 0 Å². The number of nitrogens with zero attached hydrogens (tertiary/aromatic N) is 2. The fourth-order valence-electron chi connectivity index (χ4n) is 1.95. The zero-order chi connectivity index (χ0) is 10.7. The Morgan fingerprint density at radius 1 is 1.36 bits per heavy atom. The first-order valence-corrected chi connectivity index (χ1v) is 5.16. The molecular formula is C10H20N2O2. The van der Waals surface area contributed by atoms with Crippen LogP contribution in [-0.4, -0.2) is 59.6 Å². The van der Waals surface area contributed by atoms with Crippen molar-refractivity contribution < 1.29 is 9.90 Å². The highest BCUT2D eigenvalue weighted by Crippen LogP contribution is 2.13. The van der Waals surface area contributed by atoms with Gasteiger partial charge in [0.05, 0.1) is 6.42 Å². The van der Waals surface area contributed by atoms with Gasteiger partial charge in [0.15, 0.2) is 0 Å². The Bertz CT molecular complexity index is 196. The number of carboxylic acids is 1. The minimum atomic E-state index is -0.704. The van der Waals surface area contributed by atoms with Crippen LogP contribution in [0.1, 0.15) is 20.3 Å². The summed E-state index contributed by atoms with van der Waals surface area (Å²) in [7, 11) is 2.13. The van der Waals surface area contributed by atoms with Crippen molar-refractivity contribution in [1.82, 2.24) is 9.80 Å². The molecule has 4 heteroatoms. The molecule has 1 rings (SSSR count). The second kappa shape index (κ2) is 4.75. The van der Waals surface area contributed by atoms with E-state index in [1.165, 1.54) is 0 Å². The van der Waals surface area contributed by atoms with Gasteiger partial charge in [0, 0.05) is 31.7 Å². The molecule has 2 atom stereocenters. The molecule has 1 saturated heterocycles. The molecule has 1 fully saturated rings. The van der Waals surface area contributed by atoms with Gasteiger partial charge >= 0.3 is 5.97 Å². The number of likely N-dealkylation sites (N-methyl/N-ethyl adjacent to an activating group) is 1. The maximum Gasteiger partial charge on any atom is 0.304 e. The van der Waals surface area contributed by atoms with Gasteiger partial charge in [0.2, 0.25) is 0 Å². The number of rotatable bonds is 3. The van der Waals surface area contributed by atoms with E-state index in [1.54, 1.807) is 0 Å². The number of hydrogen-bond donors (Lipinski definition) is 1. The van der Waals surface area contributed by atoms with Gasteiger partial charge in [-0.3, -0.25) is 14.6 Å². The van der Waals surface area contributed by atoms with E-state index in [4.69, 9.17) is 5.11 Å². The maximum atomic E-state index is 10.4. The molecule has 0 saturated carbocycles. The van der Waals surface area contributed by atoms with Crippen LogP contribution in [0.15, 0.2) is 0 Å². The zero-order valence-corrected chi connectivity index (χ0v) is 9.23. The normalized spacial score (nSPS) is 30.5. The van der Waals surface area contributed by atoms with Crippen LogP contribution in [0.2, 0.25) is 0 Å². The molecule has 2 unspecified atom stereocenters. The van der Waals surface area contributed by atoms with Crippen molar-refractivity contribution in [2.75, 3.05) is 26.7 Å². The second-order valence-electron chi connectivity index (χ2n) is 4.27. The zero-order valence-electron chi connectivity index (χ0n) is 9.23. The highest BCUT2D eigenvalue weighted by atomic mass is 16.4. The van der Waals surface area contributed by atoms with Crippen molar-refractivity contribution in [2.45, 2.75) is 32.4 Å². The molecule has 1 aliphatic heterocycles. The minimum absolute atomic E-state index is 0.253. The summed E-state index contributed by atoms with van der Waals surface area (Å²) in [5, 5.41) is 8.59. The lowest BCUT2D eigenvalue weighted by Crippen LogP contribution is -2.55. The van der Waals surface area contributed by atoms with Crippen molar-refractivity contribution in [3.05, 3.63) is 0 Å². The van der Waals surface area contributed by atoms with Gasteiger partial charge in [-0.25, -0.2) is 0 Å². The molecule has 0 amide bonds. The van der Waals surface area contributed by atoms with Crippen LogP contribution in [0.5, 0.6) is 0 Å². The van der Waals surface area contributed by atoms with Crippen LogP contribution >= 0.6 is 0 Å². The highest BCUT2D eigenvalue weighted by Gasteiger charge is 2.26. The average Bonchev–Trinajstić information content (AvgIpc) is 2.10. The molecule has 1 heterocycles. The van der Waals surface area contributed by atoms with E-state index >= 15 is 0 Å². The van der Waals surface area contributed by atoms with Gasteiger partial charge in [-0.1, -0.05) is 0 Å². The summed E-state index contributed by atoms with van der Waals surface area (Å²) in [4.78, 5) is 15.0. The SMILES string of the molecule is CC1CN(CCC(=O)O)CC(C)N1C. The van der Waals surface area contributed by atoms with Gasteiger partial charge in [-0.05, 0) is 20.9 Å². The Balaban J connectivity index is 2.38. The van der Waals surface area contributed by atoms with Crippen LogP contribution in [0.4, 0.5) is 0 Å². The lowest BCUT2D eigenvalue weighted by molar-refractivity contribution is -0.137. The smallest absolute Gasteiger partial charge is 0.304 e. The highest BCUT2D eigenvalue weighted by molar-refractivity contribution is 5.66. The third-order valence-corrected chi connectivity index (χ3v) is 3.08. The van der Waals surface area contributed by atoms with Crippen molar-refractivity contribution in [2.24, 2.45) is 0 Å². The first-order chi connectivity index (χ1) is 6.50. The molecule has 4 nitrogen and oxygen atoms in total. The van der Waals surface area contributed by atoms with E-state index in [0.29, 0.717) is 18.6 Å². The fraction of sp³-hybridized carbons (Fsp3) is 0.900. The van der Waals surface area contributed by atoms with Crippen LogP contribution in [0, 0.1) is 0 Å². The van der Waals surface area contributed by atoms with Crippen LogP contribution in [0.25, 0.3) is 0 Å². The van der Waals surface area contributed by atoms with Gasteiger partial charge in [-0.2, -0.15) is 0 Å². The molecule has 0 spiro atoms. The Labute approximate surface area is 85.5 Å². The van der Waals surface area contributed by atoms with Gasteiger partial charge < -0.3 is 5.11 Å². The van der Waals surface area contributed by atoms with E-state index in [-0.39, 0.29) is 6.42 Å². The summed E-state index contributed by atoms with van der Waals surface area (Å²) in [6, 6.07) is 1.04. The summed E-state index contributed by atoms with van der Waals surface area (Å²) in [6.07, 6.45) is 0.253. The Morgan fingerprint density at radius 2 is 1.86 bits per heavy atom. The number of hydrogen-bond acceptors (Lipinski definition) is 3. The van der Waals surface area contributed by atoms with Gasteiger partial charge in [-0.15, -0.1) is 0 Å². The second-order valence-corrected chi connectivity index (χ2v) is 4.27. The molecule has 0 aliphatic carbocycles. The minimum Gasteiger partial charge on any atom is -0.481 e. The molecule has 0 aromatic carbocycles. The van der Waals surface area contributed by atoms with Crippen molar-refractivity contribution in [1.29, 1.82) is 0 Å². The topological polar surface area (TPSA) is 43.8 Å². The Hall–Kier alpha value is -0.610. The third kappa shape index (κ3) is 2.96. The van der Waals surface area contributed by atoms with Crippen LogP contribution in [-0.2, 0) is 4.79 Å². The van der Waals surface area contributed by atoms with Crippen molar-refractivity contribution in [3.63, 3.8) is 0 Å². The predicted molar refractivity (Wildman–Crippen MR) is 55.4 cm³/mol. The van der Waals surface area contributed by atoms with E-state index in [2.05, 4.69) is 30.7 Å². The van der Waals surface area contributed by atoms with E-state index in [9.17, 15) is 4.79 Å². The standard InChI is InChI=1S/C10H20N2O2/c1-8-6-12(5-4-10(13)14)7-9(2)11(8)3/h8-9H,4-7H2,1-3H3,(H,13,14). The molecule has 0 bridgehead atoms. The first-order valence-electron chi connectivity index (χ1n) is 5.16. The summed E-state index contributed by atoms with van der Waals surface area (Å²) in [5.41, 5.74) is 0. The predicted octanol–water partition coefficient (Wildman–Crippen LogP) is 0.486. The molecule has 0 aromatic rings. The Morgan fingerprint density at radius 3 is 2.29 bits per heavy atom. The molecule has 0 radical (unpaired) electrons. The monoisotopic (exact) mass is 200 g/mol. The van der Waals surface area contributed by atoms with E-state index in [0.717, 1.165) is 13.1 Å². The third-order valence-electron chi connectivity index (χ3n) is 3.08. The van der Waals surface area contributed by atoms with E-state index < -0.39 is 5.97 Å². The molecule has 1 N–H and O–H groups in total. The summed E-state index contributed by atoms with van der Waals surface area (Å²) in [5.74, 6) is -0.704. The largest absolute Gasteiger partial charge is 0.481 e. The first kappa shape index (κ1) is 11.5. The summed E-state index contributed by atoms with van der Waals surface area (Å²) < 4.78 is 0. The van der Waals surface area contributed by atoms with Crippen LogP contribution in [0.3, 0.4) is 0 Å². The van der Waals surface area contributed by atoms with E-state index in [1.807, 2.05) is 0 Å². The van der Waals surface area contributed by atoms with Crippen molar-refractivity contribution >= 4 is 5.97 Å². The lowest BCUT2D eigenvalue weighted by Gasteiger charge is -2.42. The molecule has 1 aliphatic rings. The number of carboxylic acid groups (broad SMARTS) is 1. The maximum absolute atomic E-state index is 10.4. The van der Waals surface area contributed by atoms with Crippen LogP contribution < -0.4 is 0 Å². The summed E-state index contributed by atoms with van der Waals surface area (Å²) >= 11 is 0. The lowest BCUT2D eigenvalue weighted by atomic mass is 10.1. The number of piperazine rings is 1. The molecule has 14 heavy (non-hydrogen) atoms.